The number of aromatic nitrogens is 2. The molecule has 2 aromatic rings. The minimum absolute atomic E-state index is 1.07. The molecule has 2 heterocycles. The normalized spacial score (nSPS) is 11.0. The maximum Gasteiger partial charge on any atom is 0.140 e. The predicted molar refractivity (Wildman–Crippen MR) is 54.8 cm³/mol. The summed E-state index contributed by atoms with van der Waals surface area (Å²) in [6.07, 6.45) is 5.10. The Morgan fingerprint density at radius 2 is 2.23 bits per heavy atom. The van der Waals surface area contributed by atoms with Crippen molar-refractivity contribution in [1.29, 1.82) is 0 Å². The number of rotatable bonds is 1. The smallest absolute Gasteiger partial charge is 0.140 e. The summed E-state index contributed by atoms with van der Waals surface area (Å²) >= 11 is 0. The van der Waals surface area contributed by atoms with E-state index < -0.39 is 0 Å². The molecule has 0 radical (unpaired) electrons. The summed E-state index contributed by atoms with van der Waals surface area (Å²) in [5.74, 6) is 0. The van der Waals surface area contributed by atoms with Gasteiger partial charge in [-0.1, -0.05) is 6.92 Å². The lowest BCUT2D eigenvalue weighted by molar-refractivity contribution is 0.943. The van der Waals surface area contributed by atoms with Crippen LogP contribution in [0, 0.1) is 6.92 Å². The Kier molecular flexibility index (Phi) is 1.83. The molecule has 0 unspecified atom stereocenters. The molecule has 0 fully saturated rings. The number of hydrogen-bond acceptors (Lipinski definition) is 1. The van der Waals surface area contributed by atoms with Crippen LogP contribution < -0.4 is 0 Å². The van der Waals surface area contributed by atoms with Crippen molar-refractivity contribution in [1.82, 2.24) is 9.55 Å². The van der Waals surface area contributed by atoms with Crippen LogP contribution in [0.15, 0.2) is 18.5 Å². The molecular weight excluding hydrogens is 160 g/mol. The molecule has 2 aromatic heterocycles. The number of pyridine rings is 1. The fraction of sp³-hybridized carbons (Fsp3) is 0.364. The molecule has 0 aliphatic rings. The molecule has 0 amide bonds. The summed E-state index contributed by atoms with van der Waals surface area (Å²) in [7, 11) is 2.04. The maximum atomic E-state index is 4.37. The zero-order valence-electron chi connectivity index (χ0n) is 8.33. The van der Waals surface area contributed by atoms with E-state index >= 15 is 0 Å². The van der Waals surface area contributed by atoms with E-state index in [0.29, 0.717) is 0 Å². The Bertz CT molecular complexity index is 441. The second-order valence-corrected chi connectivity index (χ2v) is 3.45. The maximum absolute atomic E-state index is 4.37. The molecule has 0 aliphatic carbocycles. The van der Waals surface area contributed by atoms with Crippen molar-refractivity contribution in [2.24, 2.45) is 7.05 Å². The molecule has 0 aromatic carbocycles. The number of nitrogens with zero attached hydrogens (tertiary/aromatic N) is 2. The third kappa shape index (κ3) is 1.13. The molecule has 2 heteroatoms. The first-order chi connectivity index (χ1) is 6.24. The lowest BCUT2D eigenvalue weighted by Crippen LogP contribution is -1.89. The zero-order valence-corrected chi connectivity index (χ0v) is 8.33. The van der Waals surface area contributed by atoms with E-state index in [1.807, 2.05) is 13.2 Å². The second-order valence-electron chi connectivity index (χ2n) is 3.45. The van der Waals surface area contributed by atoms with Crippen LogP contribution in [0.5, 0.6) is 0 Å². The van der Waals surface area contributed by atoms with Crippen LogP contribution in [-0.2, 0) is 13.5 Å². The molecule has 0 spiro atoms. The van der Waals surface area contributed by atoms with Gasteiger partial charge in [0.2, 0.25) is 0 Å². The van der Waals surface area contributed by atoms with Crippen LogP contribution in [0.25, 0.3) is 11.0 Å². The van der Waals surface area contributed by atoms with Crippen molar-refractivity contribution in [3.63, 3.8) is 0 Å². The van der Waals surface area contributed by atoms with Gasteiger partial charge in [0.1, 0.15) is 5.65 Å². The highest BCUT2D eigenvalue weighted by atomic mass is 15.0. The van der Waals surface area contributed by atoms with Crippen LogP contribution in [0.3, 0.4) is 0 Å². The molecule has 0 N–H and O–H groups in total. The molecule has 0 bridgehead atoms. The van der Waals surface area contributed by atoms with Gasteiger partial charge in [-0.15, -0.1) is 0 Å². The Morgan fingerprint density at radius 1 is 1.46 bits per heavy atom. The average molecular weight is 174 g/mol. The molecule has 2 nitrogen and oxygen atoms in total. The van der Waals surface area contributed by atoms with Gasteiger partial charge in [-0.2, -0.15) is 0 Å². The van der Waals surface area contributed by atoms with E-state index in [4.69, 9.17) is 0 Å². The van der Waals surface area contributed by atoms with Gasteiger partial charge in [-0.25, -0.2) is 4.98 Å². The van der Waals surface area contributed by atoms with E-state index in [2.05, 4.69) is 35.7 Å². The van der Waals surface area contributed by atoms with E-state index in [0.717, 1.165) is 12.1 Å². The quantitative estimate of drug-likeness (QED) is 0.649. The lowest BCUT2D eigenvalue weighted by atomic mass is 10.1. The minimum atomic E-state index is 1.07. The van der Waals surface area contributed by atoms with Gasteiger partial charge < -0.3 is 4.57 Å². The van der Waals surface area contributed by atoms with Crippen molar-refractivity contribution in [3.05, 3.63) is 29.6 Å². The summed E-state index contributed by atoms with van der Waals surface area (Å²) in [6, 6.07) is 2.11. The van der Waals surface area contributed by atoms with Gasteiger partial charge in [0, 0.05) is 24.8 Å². The van der Waals surface area contributed by atoms with Crippen LogP contribution in [0.1, 0.15) is 18.1 Å². The Hall–Kier alpha value is -1.31. The van der Waals surface area contributed by atoms with Gasteiger partial charge in [0.15, 0.2) is 0 Å². The lowest BCUT2D eigenvalue weighted by Gasteiger charge is -2.00. The van der Waals surface area contributed by atoms with E-state index in [9.17, 15) is 0 Å². The average Bonchev–Trinajstić information content (AvgIpc) is 2.43. The van der Waals surface area contributed by atoms with Crippen molar-refractivity contribution in [3.8, 4) is 0 Å². The van der Waals surface area contributed by atoms with Crippen molar-refractivity contribution in [2.45, 2.75) is 20.3 Å². The predicted octanol–water partition coefficient (Wildman–Crippen LogP) is 2.44. The van der Waals surface area contributed by atoms with E-state index in [-0.39, 0.29) is 0 Å². The summed E-state index contributed by atoms with van der Waals surface area (Å²) in [5, 5.41) is 1.33. The zero-order chi connectivity index (χ0) is 9.42. The van der Waals surface area contributed by atoms with Crippen molar-refractivity contribution < 1.29 is 0 Å². The third-order valence-electron chi connectivity index (χ3n) is 2.51. The monoisotopic (exact) mass is 174 g/mol. The Morgan fingerprint density at radius 3 is 2.92 bits per heavy atom. The molecule has 68 valence electrons. The summed E-state index contributed by atoms with van der Waals surface area (Å²) < 4.78 is 2.09. The van der Waals surface area contributed by atoms with E-state index in [1.165, 1.54) is 16.5 Å². The Balaban J connectivity index is 2.88. The highest BCUT2D eigenvalue weighted by Gasteiger charge is 2.06. The molecular formula is C11H14N2. The highest BCUT2D eigenvalue weighted by molar-refractivity contribution is 5.83. The fourth-order valence-electron chi connectivity index (χ4n) is 1.90. The molecule has 13 heavy (non-hydrogen) atoms. The van der Waals surface area contributed by atoms with Crippen molar-refractivity contribution >= 4 is 11.0 Å². The molecule has 2 rings (SSSR count). The van der Waals surface area contributed by atoms with Gasteiger partial charge in [0.05, 0.1) is 0 Å². The van der Waals surface area contributed by atoms with Crippen molar-refractivity contribution in [2.75, 3.05) is 0 Å². The second kappa shape index (κ2) is 2.87. The summed E-state index contributed by atoms with van der Waals surface area (Å²) in [6.45, 7) is 4.32. The van der Waals surface area contributed by atoms with E-state index in [1.54, 1.807) is 0 Å². The molecule has 0 saturated heterocycles. The first kappa shape index (κ1) is 8.30. The van der Waals surface area contributed by atoms with Crippen LogP contribution in [0.2, 0.25) is 0 Å². The van der Waals surface area contributed by atoms with Crippen LogP contribution >= 0.6 is 0 Å². The standard InChI is InChI=1S/C11H14N2/c1-4-9-5-6-12-11-10(9)8(2)7-13(11)3/h5-7H,4H2,1-3H3. The van der Waals surface area contributed by atoms with Gasteiger partial charge in [-0.05, 0) is 30.5 Å². The van der Waals surface area contributed by atoms with Crippen LogP contribution in [0.4, 0.5) is 0 Å². The molecule has 0 atom stereocenters. The van der Waals surface area contributed by atoms with Gasteiger partial charge >= 0.3 is 0 Å². The SMILES string of the molecule is CCc1ccnc2c1c(C)cn2C. The Labute approximate surface area is 78.2 Å². The molecule has 0 saturated carbocycles. The minimum Gasteiger partial charge on any atom is -0.335 e. The molecule has 0 aliphatic heterocycles. The summed E-state index contributed by atoms with van der Waals surface area (Å²) in [5.41, 5.74) is 3.81. The highest BCUT2D eigenvalue weighted by Crippen LogP contribution is 2.22. The first-order valence-corrected chi connectivity index (χ1v) is 4.63. The number of aryl methyl sites for hydroxylation is 3. The summed E-state index contributed by atoms with van der Waals surface area (Å²) in [4.78, 5) is 4.37. The number of fused-ring (bicyclic) bond motifs is 1. The van der Waals surface area contributed by atoms with Crippen LogP contribution in [-0.4, -0.2) is 9.55 Å². The topological polar surface area (TPSA) is 17.8 Å². The number of hydrogen-bond donors (Lipinski definition) is 0. The fourth-order valence-corrected chi connectivity index (χ4v) is 1.90. The third-order valence-corrected chi connectivity index (χ3v) is 2.51. The van der Waals surface area contributed by atoms with Gasteiger partial charge in [0.25, 0.3) is 0 Å². The van der Waals surface area contributed by atoms with Gasteiger partial charge in [-0.3, -0.25) is 0 Å². The first-order valence-electron chi connectivity index (χ1n) is 4.63. The largest absolute Gasteiger partial charge is 0.335 e.